The van der Waals surface area contributed by atoms with E-state index in [2.05, 4.69) is 43.1 Å². The van der Waals surface area contributed by atoms with Gasteiger partial charge in [0.2, 0.25) is 0 Å². The molecule has 0 saturated carbocycles. The number of fused-ring (bicyclic) bond motifs is 5. The number of phenols is 1. The summed E-state index contributed by atoms with van der Waals surface area (Å²) in [5.74, 6) is 0.699. The zero-order valence-electron chi connectivity index (χ0n) is 15.8. The second-order valence-corrected chi connectivity index (χ2v) is 9.59. The number of nitrogens with two attached hydrogens (primary N) is 1. The van der Waals surface area contributed by atoms with Gasteiger partial charge in [0, 0.05) is 6.42 Å². The van der Waals surface area contributed by atoms with Gasteiger partial charge >= 0.3 is 0 Å². The largest absolute Gasteiger partial charge is 0.507 e. The lowest BCUT2D eigenvalue weighted by molar-refractivity contribution is -0.789. The van der Waals surface area contributed by atoms with Crippen LogP contribution in [0.4, 0.5) is 0 Å². The summed E-state index contributed by atoms with van der Waals surface area (Å²) in [5.41, 5.74) is 2.89. The van der Waals surface area contributed by atoms with E-state index in [4.69, 9.17) is 4.98 Å². The Morgan fingerprint density at radius 1 is 1.19 bits per heavy atom. The van der Waals surface area contributed by atoms with Gasteiger partial charge in [0.05, 0.1) is 21.4 Å². The number of phenolic OH excluding ortho intramolecular Hbond substituents is 1. The van der Waals surface area contributed by atoms with Crippen molar-refractivity contribution in [2.45, 2.75) is 45.2 Å². The van der Waals surface area contributed by atoms with Crippen molar-refractivity contribution in [1.29, 1.82) is 0 Å². The van der Waals surface area contributed by atoms with Crippen LogP contribution in [0.3, 0.4) is 0 Å². The summed E-state index contributed by atoms with van der Waals surface area (Å²) >= 11 is 1.76. The number of hydrogen-bond donors (Lipinski definition) is 2. The van der Waals surface area contributed by atoms with E-state index >= 15 is 0 Å². The first-order chi connectivity index (χ1) is 12.8. The van der Waals surface area contributed by atoms with E-state index in [0.29, 0.717) is 11.4 Å². The molecule has 0 unspecified atom stereocenters. The number of thiophene rings is 1. The minimum absolute atomic E-state index is 0.0000103. The second kappa shape index (κ2) is 5.27. The van der Waals surface area contributed by atoms with Crippen LogP contribution in [-0.2, 0) is 12.0 Å². The van der Waals surface area contributed by atoms with Gasteiger partial charge in [0.15, 0.2) is 11.5 Å². The summed E-state index contributed by atoms with van der Waals surface area (Å²) in [5, 5.41) is 18.3. The maximum Gasteiger partial charge on any atom is 0.185 e. The van der Waals surface area contributed by atoms with Gasteiger partial charge in [0.1, 0.15) is 22.4 Å². The van der Waals surface area contributed by atoms with Crippen LogP contribution in [0.25, 0.3) is 27.3 Å². The highest BCUT2D eigenvalue weighted by Crippen LogP contribution is 2.41. The van der Waals surface area contributed by atoms with Crippen molar-refractivity contribution in [2.24, 2.45) is 0 Å². The lowest BCUT2D eigenvalue weighted by Gasteiger charge is -2.38. The summed E-state index contributed by atoms with van der Waals surface area (Å²) in [6, 6.07) is 7.16. The smallest absolute Gasteiger partial charge is 0.185 e. The lowest BCUT2D eigenvalue weighted by atomic mass is 9.82. The van der Waals surface area contributed by atoms with Crippen molar-refractivity contribution in [3.63, 3.8) is 0 Å². The van der Waals surface area contributed by atoms with Crippen LogP contribution in [0.1, 0.15) is 38.1 Å². The molecule has 4 aromatic rings. The van der Waals surface area contributed by atoms with Crippen LogP contribution in [0.5, 0.6) is 5.75 Å². The molecular formula is C20H22N5OS+. The van der Waals surface area contributed by atoms with Gasteiger partial charge in [-0.05, 0) is 45.4 Å². The highest BCUT2D eigenvalue weighted by Gasteiger charge is 2.43. The molecule has 6 nitrogen and oxygen atoms in total. The van der Waals surface area contributed by atoms with E-state index < -0.39 is 0 Å². The van der Waals surface area contributed by atoms with Gasteiger partial charge in [-0.25, -0.2) is 14.5 Å². The summed E-state index contributed by atoms with van der Waals surface area (Å²) in [6.45, 7) is 9.12. The van der Waals surface area contributed by atoms with E-state index in [1.54, 1.807) is 34.3 Å². The molecule has 3 N–H and O–H groups in total. The number of benzene rings is 1. The van der Waals surface area contributed by atoms with Gasteiger partial charge < -0.3 is 10.4 Å². The third-order valence-corrected chi connectivity index (χ3v) is 6.72. The highest BCUT2D eigenvalue weighted by molar-refractivity contribution is 7.19. The minimum Gasteiger partial charge on any atom is -0.507 e. The molecule has 0 radical (unpaired) electrons. The molecule has 7 heteroatoms. The molecule has 3 aromatic heterocycles. The van der Waals surface area contributed by atoms with E-state index in [1.165, 1.54) is 10.4 Å². The SMILES string of the molecule is CC1(C)Cc2c(sc3ncn4nc(-c5ccccc5O)nc4c23)C(C)(C)[NH2+]1. The topological polar surface area (TPSA) is 79.9 Å². The van der Waals surface area contributed by atoms with Gasteiger partial charge in [-0.3, -0.25) is 0 Å². The molecule has 0 spiro atoms. The molecule has 0 aliphatic carbocycles. The Labute approximate surface area is 160 Å². The van der Waals surface area contributed by atoms with Crippen molar-refractivity contribution >= 4 is 27.2 Å². The van der Waals surface area contributed by atoms with E-state index in [1.807, 2.05) is 12.1 Å². The van der Waals surface area contributed by atoms with Crippen LogP contribution in [0.15, 0.2) is 30.6 Å². The van der Waals surface area contributed by atoms with Crippen molar-refractivity contribution in [2.75, 3.05) is 0 Å². The molecule has 0 bridgehead atoms. The Morgan fingerprint density at radius 3 is 2.74 bits per heavy atom. The first-order valence-electron chi connectivity index (χ1n) is 9.08. The number of rotatable bonds is 1. The average molecular weight is 380 g/mol. The quantitative estimate of drug-likeness (QED) is 0.532. The summed E-state index contributed by atoms with van der Waals surface area (Å²) in [7, 11) is 0. The monoisotopic (exact) mass is 380 g/mol. The summed E-state index contributed by atoms with van der Waals surface area (Å²) < 4.78 is 1.73. The van der Waals surface area contributed by atoms with Crippen molar-refractivity contribution in [3.05, 3.63) is 41.0 Å². The van der Waals surface area contributed by atoms with Gasteiger partial charge in [-0.15, -0.1) is 16.4 Å². The lowest BCUT2D eigenvalue weighted by Crippen LogP contribution is -3.03. The predicted octanol–water partition coefficient (Wildman–Crippen LogP) is 2.84. The third kappa shape index (κ3) is 2.45. The summed E-state index contributed by atoms with van der Waals surface area (Å²) in [4.78, 5) is 11.8. The van der Waals surface area contributed by atoms with Gasteiger partial charge in [0.25, 0.3) is 0 Å². The number of hydrogen-bond acceptors (Lipinski definition) is 5. The molecular weight excluding hydrogens is 358 g/mol. The van der Waals surface area contributed by atoms with E-state index in [-0.39, 0.29) is 16.8 Å². The normalized spacial score (nSPS) is 18.1. The van der Waals surface area contributed by atoms with Crippen LogP contribution in [0.2, 0.25) is 0 Å². The first kappa shape index (κ1) is 16.6. The Kier molecular flexibility index (Phi) is 3.25. The fraction of sp³-hybridized carbons (Fsp3) is 0.350. The number of nitrogens with zero attached hydrogens (tertiary/aromatic N) is 4. The number of quaternary nitrogens is 1. The molecule has 0 amide bonds. The van der Waals surface area contributed by atoms with Gasteiger partial charge in [-0.1, -0.05) is 12.1 Å². The molecule has 1 aliphatic rings. The molecule has 1 aromatic carbocycles. The van der Waals surface area contributed by atoms with E-state index in [9.17, 15) is 5.11 Å². The Balaban J connectivity index is 1.81. The van der Waals surface area contributed by atoms with Crippen LogP contribution in [-0.4, -0.2) is 30.2 Å². The molecule has 27 heavy (non-hydrogen) atoms. The standard InChI is InChI=1S/C20H21N5OS/c1-19(2)9-12-14-17-22-16(11-7-5-6-8-13(11)26)23-25(17)10-21-18(14)27-15(12)20(3,4)24-19/h5-8,10,24,26H,9H2,1-4H3/p+1. The van der Waals surface area contributed by atoms with Crippen LogP contribution in [0, 0.1) is 0 Å². The second-order valence-electron chi connectivity index (χ2n) is 8.59. The van der Waals surface area contributed by atoms with Gasteiger partial charge in [-0.2, -0.15) is 0 Å². The molecule has 138 valence electrons. The van der Waals surface area contributed by atoms with Crippen LogP contribution >= 0.6 is 11.3 Å². The maximum atomic E-state index is 10.2. The molecule has 0 saturated heterocycles. The number of para-hydroxylation sites is 1. The average Bonchev–Trinajstić information content (AvgIpc) is 3.15. The maximum absolute atomic E-state index is 10.2. The molecule has 5 rings (SSSR count). The number of aromatic nitrogens is 4. The third-order valence-electron chi connectivity index (χ3n) is 5.24. The molecule has 0 fully saturated rings. The molecule has 1 aliphatic heterocycles. The van der Waals surface area contributed by atoms with Crippen LogP contribution < -0.4 is 5.32 Å². The molecule has 0 atom stereocenters. The first-order valence-corrected chi connectivity index (χ1v) is 9.89. The van der Waals surface area contributed by atoms with Crippen molar-refractivity contribution < 1.29 is 10.4 Å². The highest BCUT2D eigenvalue weighted by atomic mass is 32.1. The zero-order valence-corrected chi connectivity index (χ0v) is 16.6. The fourth-order valence-corrected chi connectivity index (χ4v) is 5.70. The predicted molar refractivity (Wildman–Crippen MR) is 106 cm³/mol. The minimum atomic E-state index is -0.0000103. The molecule has 4 heterocycles. The Bertz CT molecular complexity index is 1200. The van der Waals surface area contributed by atoms with E-state index in [0.717, 1.165) is 22.3 Å². The summed E-state index contributed by atoms with van der Waals surface area (Å²) in [6.07, 6.45) is 2.68. The fourth-order valence-electron chi connectivity index (χ4n) is 4.47. The van der Waals surface area contributed by atoms with Crippen molar-refractivity contribution in [3.8, 4) is 17.1 Å². The van der Waals surface area contributed by atoms with Crippen molar-refractivity contribution in [1.82, 2.24) is 19.6 Å². The Morgan fingerprint density at radius 2 is 1.96 bits per heavy atom. The number of aromatic hydroxyl groups is 1. The zero-order chi connectivity index (χ0) is 19.0. The Hall–Kier alpha value is -2.51.